The summed E-state index contributed by atoms with van der Waals surface area (Å²) in [5.74, 6) is 8.85. The average Bonchev–Trinajstić information content (AvgIpc) is 3.09. The molecule has 0 aliphatic heterocycles. The van der Waals surface area contributed by atoms with E-state index in [0.717, 1.165) is 29.4 Å². The van der Waals surface area contributed by atoms with Crippen molar-refractivity contribution in [1.29, 1.82) is 0 Å². The lowest BCUT2D eigenvalue weighted by Crippen LogP contribution is -2.12. The molecule has 0 saturated carbocycles. The first kappa shape index (κ1) is 34.9. The van der Waals surface area contributed by atoms with Crippen molar-refractivity contribution >= 4 is 23.9 Å². The molecule has 9 nitrogen and oxygen atoms in total. The Morgan fingerprint density at radius 1 is 0.681 bits per heavy atom. The molecule has 0 amide bonds. The van der Waals surface area contributed by atoms with Gasteiger partial charge in [0.1, 0.15) is 24.5 Å². The molecule has 3 aromatic rings. The maximum atomic E-state index is 12.4. The molecule has 0 unspecified atom stereocenters. The van der Waals surface area contributed by atoms with Crippen LogP contribution in [0, 0.1) is 23.7 Å². The molecule has 0 N–H and O–H groups in total. The van der Waals surface area contributed by atoms with Gasteiger partial charge in [0.2, 0.25) is 0 Å². The summed E-state index contributed by atoms with van der Waals surface area (Å²) in [5, 5.41) is 0. The standard InChI is InChI=1S/C38H30O9/c1-7-33(39)44-23-28-14-10-26(11-15-28)18-20-30-22-32(43-6)31(37(47-35(41)9-3)36(30)46-34(40)8-2)21-19-27-12-16-29(17-13-27)24-45-38(42)25(4)5/h7-17,22H,1-4,23-24H2,5-6H3. The summed E-state index contributed by atoms with van der Waals surface area (Å²) in [5.41, 5.74) is 3.15. The molecule has 0 aromatic heterocycles. The third-order valence-electron chi connectivity index (χ3n) is 6.01. The van der Waals surface area contributed by atoms with E-state index in [1.165, 1.54) is 13.2 Å². The van der Waals surface area contributed by atoms with Crippen LogP contribution in [0.4, 0.5) is 0 Å². The van der Waals surface area contributed by atoms with E-state index in [4.69, 9.17) is 23.7 Å². The van der Waals surface area contributed by atoms with Crippen molar-refractivity contribution in [3.05, 3.63) is 138 Å². The summed E-state index contributed by atoms with van der Waals surface area (Å²) < 4.78 is 26.8. The maximum Gasteiger partial charge on any atom is 0.335 e. The average molecular weight is 631 g/mol. The zero-order valence-electron chi connectivity index (χ0n) is 25.8. The summed E-state index contributed by atoms with van der Waals surface area (Å²) in [6.45, 7) is 15.5. The minimum absolute atomic E-state index is 0.0602. The van der Waals surface area contributed by atoms with Crippen molar-refractivity contribution in [2.75, 3.05) is 7.11 Å². The fourth-order valence-corrected chi connectivity index (χ4v) is 3.60. The molecule has 0 spiro atoms. The number of hydrogen-bond donors (Lipinski definition) is 0. The summed E-state index contributed by atoms with van der Waals surface area (Å²) in [7, 11) is 1.39. The zero-order valence-corrected chi connectivity index (χ0v) is 25.8. The zero-order chi connectivity index (χ0) is 34.3. The van der Waals surface area contributed by atoms with Gasteiger partial charge in [-0.15, -0.1) is 0 Å². The van der Waals surface area contributed by atoms with E-state index < -0.39 is 23.9 Å². The van der Waals surface area contributed by atoms with Gasteiger partial charge < -0.3 is 23.7 Å². The van der Waals surface area contributed by atoms with Crippen LogP contribution in [-0.4, -0.2) is 31.0 Å². The Bertz CT molecular complexity index is 1860. The van der Waals surface area contributed by atoms with Gasteiger partial charge in [0.15, 0.2) is 11.5 Å². The number of hydrogen-bond acceptors (Lipinski definition) is 9. The molecule has 0 saturated heterocycles. The Labute approximate surface area is 272 Å². The normalized spacial score (nSPS) is 9.57. The van der Waals surface area contributed by atoms with E-state index in [1.54, 1.807) is 55.5 Å². The topological polar surface area (TPSA) is 114 Å². The van der Waals surface area contributed by atoms with Gasteiger partial charge in [0.25, 0.3) is 0 Å². The van der Waals surface area contributed by atoms with Gasteiger partial charge in [-0.25, -0.2) is 19.2 Å². The fourth-order valence-electron chi connectivity index (χ4n) is 3.60. The number of methoxy groups -OCH3 is 1. The first-order valence-electron chi connectivity index (χ1n) is 13.9. The van der Waals surface area contributed by atoms with Crippen LogP contribution in [0.1, 0.15) is 40.3 Å². The third kappa shape index (κ3) is 10.2. The SMILES string of the molecule is C=CC(=O)OCc1ccc(C#Cc2cc(OC)c(C#Cc3ccc(COC(=O)C(=C)C)cc3)c(OC(=O)C=C)c2OC(=O)C=C)cc1. The van der Waals surface area contributed by atoms with E-state index >= 15 is 0 Å². The minimum atomic E-state index is -0.850. The second kappa shape index (κ2) is 17.0. The Morgan fingerprint density at radius 3 is 1.66 bits per heavy atom. The summed E-state index contributed by atoms with van der Waals surface area (Å²) >= 11 is 0. The largest absolute Gasteiger partial charge is 0.495 e. The second-order valence-electron chi connectivity index (χ2n) is 9.47. The van der Waals surface area contributed by atoms with Crippen molar-refractivity contribution in [2.24, 2.45) is 0 Å². The molecule has 9 heteroatoms. The smallest absolute Gasteiger partial charge is 0.335 e. The monoisotopic (exact) mass is 630 g/mol. The van der Waals surface area contributed by atoms with E-state index in [1.807, 2.05) is 0 Å². The number of rotatable bonds is 11. The molecule has 0 heterocycles. The van der Waals surface area contributed by atoms with Gasteiger partial charge in [0.05, 0.1) is 12.7 Å². The molecule has 236 valence electrons. The van der Waals surface area contributed by atoms with Crippen molar-refractivity contribution in [2.45, 2.75) is 20.1 Å². The van der Waals surface area contributed by atoms with Crippen LogP contribution in [0.5, 0.6) is 17.2 Å². The quantitative estimate of drug-likeness (QED) is 0.117. The molecule has 0 aliphatic rings. The molecular weight excluding hydrogens is 600 g/mol. The Kier molecular flexibility index (Phi) is 12.7. The van der Waals surface area contributed by atoms with E-state index in [2.05, 4.69) is 50.0 Å². The van der Waals surface area contributed by atoms with Gasteiger partial charge in [-0.3, -0.25) is 0 Å². The van der Waals surface area contributed by atoms with Crippen LogP contribution >= 0.6 is 0 Å². The molecule has 47 heavy (non-hydrogen) atoms. The predicted octanol–water partition coefficient (Wildman–Crippen LogP) is 5.53. The van der Waals surface area contributed by atoms with Gasteiger partial charge in [-0.2, -0.15) is 0 Å². The molecule has 0 atom stereocenters. The highest BCUT2D eigenvalue weighted by atomic mass is 16.6. The Hall–Kier alpha value is -6.58. The Morgan fingerprint density at radius 2 is 1.17 bits per heavy atom. The maximum absolute atomic E-state index is 12.4. The van der Waals surface area contributed by atoms with Crippen LogP contribution in [0.3, 0.4) is 0 Å². The van der Waals surface area contributed by atoms with Crippen molar-refractivity contribution < 1.29 is 42.9 Å². The van der Waals surface area contributed by atoms with Crippen LogP contribution in [0.2, 0.25) is 0 Å². The summed E-state index contributed by atoms with van der Waals surface area (Å²) in [6, 6.07) is 15.3. The third-order valence-corrected chi connectivity index (χ3v) is 6.01. The predicted molar refractivity (Wildman–Crippen MR) is 174 cm³/mol. The van der Waals surface area contributed by atoms with Crippen LogP contribution in [0.15, 0.2) is 105 Å². The lowest BCUT2D eigenvalue weighted by atomic mass is 10.0. The molecule has 3 aromatic carbocycles. The molecular formula is C38H30O9. The first-order valence-corrected chi connectivity index (χ1v) is 13.9. The van der Waals surface area contributed by atoms with Gasteiger partial charge in [0, 0.05) is 41.0 Å². The van der Waals surface area contributed by atoms with E-state index in [0.29, 0.717) is 16.7 Å². The molecule has 0 fully saturated rings. The van der Waals surface area contributed by atoms with Crippen molar-refractivity contribution in [1.82, 2.24) is 0 Å². The van der Waals surface area contributed by atoms with E-state index in [-0.39, 0.29) is 41.6 Å². The van der Waals surface area contributed by atoms with Crippen molar-refractivity contribution in [3.8, 4) is 40.9 Å². The fraction of sp³-hybridized carbons (Fsp3) is 0.105. The lowest BCUT2D eigenvalue weighted by molar-refractivity contribution is -0.140. The van der Waals surface area contributed by atoms with Gasteiger partial charge >= 0.3 is 23.9 Å². The molecule has 0 radical (unpaired) electrons. The number of esters is 4. The van der Waals surface area contributed by atoms with Crippen molar-refractivity contribution in [3.63, 3.8) is 0 Å². The summed E-state index contributed by atoms with van der Waals surface area (Å²) in [6.07, 6.45) is 2.96. The first-order chi connectivity index (χ1) is 22.6. The number of benzene rings is 3. The van der Waals surface area contributed by atoms with Gasteiger partial charge in [-0.05, 0) is 42.3 Å². The van der Waals surface area contributed by atoms with Crippen LogP contribution in [0.25, 0.3) is 0 Å². The minimum Gasteiger partial charge on any atom is -0.495 e. The Balaban J connectivity index is 2.07. The molecule has 0 aliphatic carbocycles. The highest BCUT2D eigenvalue weighted by Crippen LogP contribution is 2.41. The number of carbonyl (C=O) groups is 4. The highest BCUT2D eigenvalue weighted by Gasteiger charge is 2.24. The van der Waals surface area contributed by atoms with Crippen LogP contribution in [-0.2, 0) is 41.9 Å². The summed E-state index contributed by atoms with van der Waals surface area (Å²) in [4.78, 5) is 47.9. The number of ether oxygens (including phenoxy) is 5. The number of carbonyl (C=O) groups excluding carboxylic acids is 4. The molecule has 3 rings (SSSR count). The highest BCUT2D eigenvalue weighted by molar-refractivity contribution is 5.88. The second-order valence-corrected chi connectivity index (χ2v) is 9.47. The van der Waals surface area contributed by atoms with E-state index in [9.17, 15) is 19.2 Å². The van der Waals surface area contributed by atoms with Gasteiger partial charge in [-0.1, -0.05) is 74.3 Å². The van der Waals surface area contributed by atoms with Crippen LogP contribution < -0.4 is 14.2 Å². The lowest BCUT2D eigenvalue weighted by Gasteiger charge is -2.15. The molecule has 0 bridgehead atoms.